The first-order valence-electron chi connectivity index (χ1n) is 8.89. The maximum absolute atomic E-state index is 12.6. The predicted octanol–water partition coefficient (Wildman–Crippen LogP) is 4.96. The van der Waals surface area contributed by atoms with E-state index in [9.17, 15) is 9.90 Å². The van der Waals surface area contributed by atoms with Crippen molar-refractivity contribution < 1.29 is 14.6 Å². The van der Waals surface area contributed by atoms with E-state index < -0.39 is 11.7 Å². The van der Waals surface area contributed by atoms with Crippen molar-refractivity contribution in [1.29, 1.82) is 0 Å². The molecule has 0 fully saturated rings. The Morgan fingerprint density at radius 1 is 1.11 bits per heavy atom. The Hall–Kier alpha value is -2.34. The topological polar surface area (TPSA) is 58.6 Å². The Bertz CT molecular complexity index is 922. The average Bonchev–Trinajstić information content (AvgIpc) is 3.17. The number of carbonyl (C=O) groups is 1. The summed E-state index contributed by atoms with van der Waals surface area (Å²) in [5.74, 6) is 0.356. The third kappa shape index (κ3) is 5.13. The van der Waals surface area contributed by atoms with Gasteiger partial charge in [-0.3, -0.25) is 4.79 Å². The lowest BCUT2D eigenvalue weighted by atomic mass is 10.1. The van der Waals surface area contributed by atoms with Crippen LogP contribution >= 0.6 is 22.9 Å². The highest BCUT2D eigenvalue weighted by Gasteiger charge is 2.29. The summed E-state index contributed by atoms with van der Waals surface area (Å²) in [7, 11) is 0. The molecule has 3 aromatic rings. The molecule has 28 heavy (non-hydrogen) atoms. The maximum atomic E-state index is 12.6. The molecule has 1 amide bonds. The van der Waals surface area contributed by atoms with Crippen LogP contribution in [0.1, 0.15) is 35.3 Å². The Kier molecular flexibility index (Phi) is 6.39. The highest BCUT2D eigenvalue weighted by Crippen LogP contribution is 2.28. The minimum absolute atomic E-state index is 0.221. The molecular weight excluding hydrogens is 394 g/mol. The van der Waals surface area contributed by atoms with E-state index in [1.165, 1.54) is 11.3 Å². The molecule has 146 valence electrons. The normalized spacial score (nSPS) is 12.4. The molecule has 4 nitrogen and oxygen atoms in total. The van der Waals surface area contributed by atoms with E-state index in [0.717, 1.165) is 15.3 Å². The molecule has 2 aromatic carbocycles. The summed E-state index contributed by atoms with van der Waals surface area (Å²) < 4.78 is 5.80. The number of hydrogen-bond donors (Lipinski definition) is 2. The average molecular weight is 416 g/mol. The van der Waals surface area contributed by atoms with Gasteiger partial charge in [0.15, 0.2) is 5.60 Å². The number of aliphatic hydroxyl groups is 1. The highest BCUT2D eigenvalue weighted by atomic mass is 35.5. The fraction of sp³-hybridized carbons (Fsp3) is 0.227. The van der Waals surface area contributed by atoms with Gasteiger partial charge >= 0.3 is 0 Å². The van der Waals surface area contributed by atoms with Gasteiger partial charge in [0, 0.05) is 14.8 Å². The van der Waals surface area contributed by atoms with Gasteiger partial charge in [0.25, 0.3) is 5.91 Å². The van der Waals surface area contributed by atoms with Crippen molar-refractivity contribution in [3.63, 3.8) is 0 Å². The number of hydrogen-bond acceptors (Lipinski definition) is 4. The molecule has 1 atom stereocenters. The fourth-order valence-electron chi connectivity index (χ4n) is 2.66. The summed E-state index contributed by atoms with van der Waals surface area (Å²) in [4.78, 5) is 14.4. The zero-order chi connectivity index (χ0) is 20.1. The molecule has 0 aliphatic rings. The minimum Gasteiger partial charge on any atom is -0.478 e. The van der Waals surface area contributed by atoms with Crippen LogP contribution in [0.15, 0.2) is 66.7 Å². The van der Waals surface area contributed by atoms with Crippen molar-refractivity contribution in [1.82, 2.24) is 5.32 Å². The van der Waals surface area contributed by atoms with E-state index in [2.05, 4.69) is 5.32 Å². The van der Waals surface area contributed by atoms with Crippen LogP contribution in [0.2, 0.25) is 5.02 Å². The van der Waals surface area contributed by atoms with E-state index in [-0.39, 0.29) is 5.91 Å². The van der Waals surface area contributed by atoms with E-state index >= 15 is 0 Å². The first-order valence-corrected chi connectivity index (χ1v) is 10.1. The van der Waals surface area contributed by atoms with Crippen LogP contribution in [0.5, 0.6) is 5.75 Å². The lowest BCUT2D eigenvalue weighted by Crippen LogP contribution is -2.46. The van der Waals surface area contributed by atoms with Gasteiger partial charge in [-0.15, -0.1) is 11.3 Å². The van der Waals surface area contributed by atoms with Crippen LogP contribution in [0.25, 0.3) is 0 Å². The number of carbonyl (C=O) groups excluding carboxylic acids is 1. The summed E-state index contributed by atoms with van der Waals surface area (Å²) in [5.41, 5.74) is -0.185. The lowest BCUT2D eigenvalue weighted by Gasteiger charge is -2.25. The van der Waals surface area contributed by atoms with Crippen molar-refractivity contribution in [2.24, 2.45) is 0 Å². The Labute approximate surface area is 173 Å². The van der Waals surface area contributed by atoms with Crippen molar-refractivity contribution in [3.05, 3.63) is 87.1 Å². The van der Waals surface area contributed by atoms with E-state index in [1.807, 2.05) is 42.5 Å². The second kappa shape index (κ2) is 8.78. The number of thiophene rings is 1. The van der Waals surface area contributed by atoms with Crippen LogP contribution in [-0.4, -0.2) is 16.6 Å². The Morgan fingerprint density at radius 2 is 1.79 bits per heavy atom. The Balaban J connectivity index is 1.58. The van der Waals surface area contributed by atoms with Gasteiger partial charge in [0.05, 0.1) is 6.54 Å². The molecule has 0 saturated heterocycles. The van der Waals surface area contributed by atoms with Gasteiger partial charge in [0.2, 0.25) is 0 Å². The zero-order valence-electron chi connectivity index (χ0n) is 15.7. The molecule has 0 bridgehead atoms. The smallest absolute Gasteiger partial charge is 0.263 e. The van der Waals surface area contributed by atoms with Crippen LogP contribution < -0.4 is 10.1 Å². The summed E-state index contributed by atoms with van der Waals surface area (Å²) in [6, 6.07) is 20.2. The highest BCUT2D eigenvalue weighted by molar-refractivity contribution is 7.12. The van der Waals surface area contributed by atoms with Crippen molar-refractivity contribution in [2.45, 2.75) is 32.1 Å². The second-order valence-electron chi connectivity index (χ2n) is 6.87. The summed E-state index contributed by atoms with van der Waals surface area (Å²) in [6.07, 6.45) is -0.666. The molecule has 0 aliphatic carbocycles. The van der Waals surface area contributed by atoms with Gasteiger partial charge < -0.3 is 15.2 Å². The lowest BCUT2D eigenvalue weighted by molar-refractivity contribution is -0.134. The SMILES string of the molecule is CC(C)(Oc1ccc(Cl)cc1)C(=O)NCc1ccc(C(O)c2ccccc2)s1. The molecule has 0 aliphatic heterocycles. The summed E-state index contributed by atoms with van der Waals surface area (Å²) >= 11 is 7.35. The van der Waals surface area contributed by atoms with Gasteiger partial charge in [0.1, 0.15) is 11.9 Å². The van der Waals surface area contributed by atoms with E-state index in [0.29, 0.717) is 17.3 Å². The third-order valence-electron chi connectivity index (χ3n) is 4.22. The van der Waals surface area contributed by atoms with Gasteiger partial charge in [-0.05, 0) is 55.8 Å². The number of halogens is 1. The van der Waals surface area contributed by atoms with Crippen LogP contribution in [0.4, 0.5) is 0 Å². The van der Waals surface area contributed by atoms with E-state index in [1.54, 1.807) is 38.1 Å². The molecule has 1 heterocycles. The molecule has 1 unspecified atom stereocenters. The molecule has 6 heteroatoms. The third-order valence-corrected chi connectivity index (χ3v) is 5.61. The molecule has 0 spiro atoms. The first kappa shape index (κ1) is 20.4. The standard InChI is InChI=1S/C22H22ClNO3S/c1-22(2,27-17-10-8-16(23)9-11-17)21(26)24-14-18-12-13-19(28-18)20(25)15-6-4-3-5-7-15/h3-13,20,25H,14H2,1-2H3,(H,24,26). The molecular formula is C22H22ClNO3S. The summed E-state index contributed by atoms with van der Waals surface area (Å²) in [6.45, 7) is 3.81. The molecule has 0 saturated carbocycles. The number of amides is 1. The van der Waals surface area contributed by atoms with Gasteiger partial charge in [-0.25, -0.2) is 0 Å². The van der Waals surface area contributed by atoms with Crippen LogP contribution in [-0.2, 0) is 11.3 Å². The summed E-state index contributed by atoms with van der Waals surface area (Å²) in [5, 5.41) is 14.0. The van der Waals surface area contributed by atoms with Crippen molar-refractivity contribution >= 4 is 28.8 Å². The number of benzene rings is 2. The predicted molar refractivity (Wildman–Crippen MR) is 113 cm³/mol. The van der Waals surface area contributed by atoms with Crippen molar-refractivity contribution in [3.8, 4) is 5.75 Å². The van der Waals surface area contributed by atoms with Gasteiger partial charge in [-0.1, -0.05) is 41.9 Å². The molecule has 3 rings (SSSR count). The quantitative estimate of drug-likeness (QED) is 0.573. The monoisotopic (exact) mass is 415 g/mol. The number of nitrogens with one attached hydrogen (secondary N) is 1. The number of rotatable bonds is 7. The largest absolute Gasteiger partial charge is 0.478 e. The fourth-order valence-corrected chi connectivity index (χ4v) is 3.75. The first-order chi connectivity index (χ1) is 13.3. The van der Waals surface area contributed by atoms with Gasteiger partial charge in [-0.2, -0.15) is 0 Å². The van der Waals surface area contributed by atoms with E-state index in [4.69, 9.17) is 16.3 Å². The second-order valence-corrected chi connectivity index (χ2v) is 8.50. The molecule has 0 radical (unpaired) electrons. The Morgan fingerprint density at radius 3 is 2.46 bits per heavy atom. The zero-order valence-corrected chi connectivity index (χ0v) is 17.3. The van der Waals surface area contributed by atoms with Crippen LogP contribution in [0.3, 0.4) is 0 Å². The number of aliphatic hydroxyl groups excluding tert-OH is 1. The minimum atomic E-state index is -1.03. The van der Waals surface area contributed by atoms with Crippen LogP contribution in [0, 0.1) is 0 Å². The maximum Gasteiger partial charge on any atom is 0.263 e. The van der Waals surface area contributed by atoms with Crippen molar-refractivity contribution in [2.75, 3.05) is 0 Å². The molecule has 2 N–H and O–H groups in total. The number of ether oxygens (including phenoxy) is 1. The molecule has 1 aromatic heterocycles.